The molecule has 0 fully saturated rings. The van der Waals surface area contributed by atoms with E-state index >= 15 is 0 Å². The maximum atomic E-state index is 4.50. The summed E-state index contributed by atoms with van der Waals surface area (Å²) < 4.78 is 0. The molecule has 0 aliphatic heterocycles. The number of allylic oxidation sites excluding steroid dienone is 2. The van der Waals surface area contributed by atoms with Gasteiger partial charge in [0.2, 0.25) is 0 Å². The van der Waals surface area contributed by atoms with Gasteiger partial charge in [0.05, 0.1) is 0 Å². The van der Waals surface area contributed by atoms with Crippen LogP contribution in [0.25, 0.3) is 21.9 Å². The average molecular weight is 253 g/mol. The van der Waals surface area contributed by atoms with Gasteiger partial charge in [-0.2, -0.15) is 0 Å². The first-order valence-corrected chi connectivity index (χ1v) is 6.72. The fraction of sp³-hybridized carbons (Fsp3) is 0.222. The molecule has 0 aromatic heterocycles. The van der Waals surface area contributed by atoms with Crippen LogP contribution in [-0.4, -0.2) is 7.05 Å². The van der Waals surface area contributed by atoms with Crippen molar-refractivity contribution < 1.29 is 0 Å². The molecule has 100 valence electrons. The Balaban J connectivity index is 0.000000415. The van der Waals surface area contributed by atoms with E-state index < -0.39 is 0 Å². The third-order valence-electron chi connectivity index (χ3n) is 3.07. The molecule has 0 radical (unpaired) electrons. The summed E-state index contributed by atoms with van der Waals surface area (Å²) in [7, 11) is 1.50. The van der Waals surface area contributed by atoms with Crippen LogP contribution >= 0.6 is 0 Å². The standard InChI is InChI=1S/C15H12.C2H6.CH5N/c1-10-7-11(2)15-9-13-6-4-3-5-12(13)8-14(10)15;2*1-2/h3-6,8-9H,1-2,7H2;1-2H3;2H2,1H3. The maximum Gasteiger partial charge on any atom is -0.00252 e. The molecule has 0 atom stereocenters. The van der Waals surface area contributed by atoms with Gasteiger partial charge in [-0.15, -0.1) is 0 Å². The molecule has 1 heteroatoms. The van der Waals surface area contributed by atoms with E-state index in [0.29, 0.717) is 0 Å². The Hall–Kier alpha value is -1.86. The number of hydrogen-bond donors (Lipinski definition) is 1. The van der Waals surface area contributed by atoms with Gasteiger partial charge in [0.1, 0.15) is 0 Å². The Kier molecular flexibility index (Phi) is 5.53. The van der Waals surface area contributed by atoms with E-state index in [2.05, 4.69) is 55.3 Å². The predicted molar refractivity (Wildman–Crippen MR) is 88.1 cm³/mol. The Morgan fingerprint density at radius 1 is 0.842 bits per heavy atom. The summed E-state index contributed by atoms with van der Waals surface area (Å²) in [5, 5.41) is 2.57. The summed E-state index contributed by atoms with van der Waals surface area (Å²) >= 11 is 0. The zero-order valence-corrected chi connectivity index (χ0v) is 12.2. The smallest absolute Gasteiger partial charge is 0.00252 e. The molecule has 1 aliphatic carbocycles. The van der Waals surface area contributed by atoms with Crippen molar-refractivity contribution in [3.63, 3.8) is 0 Å². The molecule has 0 bridgehead atoms. The number of fused-ring (bicyclic) bond motifs is 2. The monoisotopic (exact) mass is 253 g/mol. The maximum absolute atomic E-state index is 4.50. The molecule has 1 aliphatic rings. The fourth-order valence-corrected chi connectivity index (χ4v) is 2.27. The van der Waals surface area contributed by atoms with Crippen molar-refractivity contribution in [2.45, 2.75) is 20.3 Å². The summed E-state index contributed by atoms with van der Waals surface area (Å²) in [5.41, 5.74) is 9.44. The van der Waals surface area contributed by atoms with Crippen molar-refractivity contribution in [2.24, 2.45) is 5.73 Å². The number of nitrogens with two attached hydrogens (primary N) is 1. The van der Waals surface area contributed by atoms with Crippen LogP contribution in [0.15, 0.2) is 49.6 Å². The third kappa shape index (κ3) is 2.94. The minimum absolute atomic E-state index is 0.922. The minimum atomic E-state index is 0.922. The van der Waals surface area contributed by atoms with E-state index in [-0.39, 0.29) is 0 Å². The molecule has 2 aromatic carbocycles. The molecule has 2 N–H and O–H groups in total. The van der Waals surface area contributed by atoms with Crippen molar-refractivity contribution in [1.29, 1.82) is 0 Å². The molecule has 1 nitrogen and oxygen atoms in total. The van der Waals surface area contributed by atoms with Gasteiger partial charge in [-0.05, 0) is 58.6 Å². The molecule has 0 amide bonds. The molecule has 0 saturated carbocycles. The highest BCUT2D eigenvalue weighted by atomic mass is 14.4. The zero-order chi connectivity index (χ0) is 14.4. The van der Waals surface area contributed by atoms with Gasteiger partial charge in [0.25, 0.3) is 0 Å². The summed E-state index contributed by atoms with van der Waals surface area (Å²) in [6.07, 6.45) is 0.922. The van der Waals surface area contributed by atoms with E-state index in [4.69, 9.17) is 0 Å². The quantitative estimate of drug-likeness (QED) is 0.712. The Morgan fingerprint density at radius 3 is 1.58 bits per heavy atom. The highest BCUT2D eigenvalue weighted by Crippen LogP contribution is 2.40. The van der Waals surface area contributed by atoms with Crippen LogP contribution in [0.4, 0.5) is 0 Å². The Bertz CT molecular complexity index is 541. The van der Waals surface area contributed by atoms with E-state index in [1.807, 2.05) is 13.8 Å². The summed E-state index contributed by atoms with van der Waals surface area (Å²) in [6.45, 7) is 12.2. The van der Waals surface area contributed by atoms with Crippen molar-refractivity contribution >= 4 is 21.9 Å². The second kappa shape index (κ2) is 6.91. The zero-order valence-electron chi connectivity index (χ0n) is 12.2. The highest BCUT2D eigenvalue weighted by molar-refractivity contribution is 5.98. The molecule has 3 rings (SSSR count). The van der Waals surface area contributed by atoms with Crippen molar-refractivity contribution in [2.75, 3.05) is 7.05 Å². The summed E-state index contributed by atoms with van der Waals surface area (Å²) in [5.74, 6) is 0. The SMILES string of the molecule is C=C1CC(=C)c2cc3ccccc3cc21.CC.CN. The topological polar surface area (TPSA) is 26.0 Å². The largest absolute Gasteiger partial charge is 0.333 e. The second-order valence-electron chi connectivity index (χ2n) is 4.13. The van der Waals surface area contributed by atoms with Crippen LogP contribution < -0.4 is 5.73 Å². The van der Waals surface area contributed by atoms with Crippen molar-refractivity contribution in [1.82, 2.24) is 0 Å². The first kappa shape index (κ1) is 15.2. The van der Waals surface area contributed by atoms with Crippen molar-refractivity contribution in [3.8, 4) is 0 Å². The van der Waals surface area contributed by atoms with E-state index in [1.165, 1.54) is 40.1 Å². The molecule has 2 aromatic rings. The second-order valence-corrected chi connectivity index (χ2v) is 4.13. The lowest BCUT2D eigenvalue weighted by Crippen LogP contribution is -1.81. The Morgan fingerprint density at radius 2 is 1.21 bits per heavy atom. The highest BCUT2D eigenvalue weighted by Gasteiger charge is 2.18. The van der Waals surface area contributed by atoms with Gasteiger partial charge in [-0.1, -0.05) is 51.3 Å². The summed E-state index contributed by atoms with van der Waals surface area (Å²) in [6, 6.07) is 12.9. The predicted octanol–water partition coefficient (Wildman–Crippen LogP) is 4.87. The van der Waals surface area contributed by atoms with Crippen LogP contribution in [0.1, 0.15) is 31.4 Å². The van der Waals surface area contributed by atoms with E-state index in [1.54, 1.807) is 0 Å². The number of benzene rings is 2. The van der Waals surface area contributed by atoms with Crippen LogP contribution in [0, 0.1) is 0 Å². The molecule has 0 spiro atoms. The van der Waals surface area contributed by atoms with Crippen LogP contribution in [-0.2, 0) is 0 Å². The average Bonchev–Trinajstić information content (AvgIpc) is 2.76. The molecular weight excluding hydrogens is 230 g/mol. The first-order chi connectivity index (χ1) is 9.25. The van der Waals surface area contributed by atoms with Gasteiger partial charge in [0.15, 0.2) is 0 Å². The number of rotatable bonds is 0. The van der Waals surface area contributed by atoms with Crippen LogP contribution in [0.5, 0.6) is 0 Å². The van der Waals surface area contributed by atoms with Crippen LogP contribution in [0.2, 0.25) is 0 Å². The minimum Gasteiger partial charge on any atom is -0.333 e. The van der Waals surface area contributed by atoms with Crippen LogP contribution in [0.3, 0.4) is 0 Å². The molecule has 0 heterocycles. The van der Waals surface area contributed by atoms with E-state index in [9.17, 15) is 0 Å². The molecule has 0 unspecified atom stereocenters. The van der Waals surface area contributed by atoms with Gasteiger partial charge in [0, 0.05) is 0 Å². The lowest BCUT2D eigenvalue weighted by molar-refractivity contribution is 1.48. The van der Waals surface area contributed by atoms with Gasteiger partial charge < -0.3 is 5.73 Å². The summed E-state index contributed by atoms with van der Waals surface area (Å²) in [4.78, 5) is 0. The lowest BCUT2D eigenvalue weighted by atomic mass is 10.0. The Labute approximate surface area is 116 Å². The van der Waals surface area contributed by atoms with Crippen molar-refractivity contribution in [3.05, 3.63) is 60.7 Å². The van der Waals surface area contributed by atoms with Gasteiger partial charge in [-0.25, -0.2) is 0 Å². The van der Waals surface area contributed by atoms with Gasteiger partial charge in [-0.3, -0.25) is 0 Å². The normalized spacial score (nSPS) is 12.2. The third-order valence-corrected chi connectivity index (χ3v) is 3.07. The fourth-order valence-electron chi connectivity index (χ4n) is 2.27. The number of hydrogen-bond acceptors (Lipinski definition) is 1. The lowest BCUT2D eigenvalue weighted by Gasteiger charge is -2.03. The van der Waals surface area contributed by atoms with Gasteiger partial charge >= 0.3 is 0 Å². The first-order valence-electron chi connectivity index (χ1n) is 6.72. The van der Waals surface area contributed by atoms with E-state index in [0.717, 1.165) is 6.42 Å². The molecule has 19 heavy (non-hydrogen) atoms. The molecular formula is C18H23N. The molecule has 0 saturated heterocycles.